The van der Waals surface area contributed by atoms with E-state index >= 15 is 0 Å². The highest BCUT2D eigenvalue weighted by atomic mass is 31.2. The predicted octanol–water partition coefficient (Wildman–Crippen LogP) is 4.23. The van der Waals surface area contributed by atoms with Crippen molar-refractivity contribution in [2.45, 2.75) is 24.6 Å². The molecule has 0 saturated heterocycles. The molecule has 98 valence electrons. The van der Waals surface area contributed by atoms with E-state index in [-0.39, 0.29) is 0 Å². The summed E-state index contributed by atoms with van der Waals surface area (Å²) in [6.07, 6.45) is -15.3. The van der Waals surface area contributed by atoms with Crippen LogP contribution in [0.25, 0.3) is 0 Å². The Hall–Kier alpha value is -0.440. The third-order valence-corrected chi connectivity index (χ3v) is 1.51. The average molecular weight is 284 g/mol. The first kappa shape index (κ1) is 15.6. The van der Waals surface area contributed by atoms with E-state index in [4.69, 9.17) is 0 Å². The fraction of sp³-hybridized carbons (Fsp3) is 1.00. The molecule has 16 heavy (non-hydrogen) atoms. The van der Waals surface area contributed by atoms with Crippen LogP contribution in [-0.2, 0) is 9.09 Å². The monoisotopic (exact) mass is 284 g/mol. The topological polar surface area (TPSA) is 26.3 Å². The molecule has 0 heterocycles. The molecular weight excluding hydrogens is 282 g/mol. The molecule has 0 bridgehead atoms. The summed E-state index contributed by atoms with van der Waals surface area (Å²) in [6, 6.07) is 0. The first-order valence-electron chi connectivity index (χ1n) is 3.19. The summed E-state index contributed by atoms with van der Waals surface area (Å²) >= 11 is 0. The Labute approximate surface area is 82.1 Å². The number of halogens is 9. The molecule has 0 aliphatic rings. The van der Waals surface area contributed by atoms with Gasteiger partial charge in [0, 0.05) is 0 Å². The van der Waals surface area contributed by atoms with E-state index in [9.17, 15) is 43.7 Å². The molecule has 0 unspecified atom stereocenters. The number of rotatable bonds is 4. The van der Waals surface area contributed by atoms with Crippen LogP contribution in [0.4, 0.5) is 39.1 Å². The van der Waals surface area contributed by atoms with Crippen LogP contribution < -0.4 is 0 Å². The minimum atomic E-state index is -7.05. The molecule has 0 N–H and O–H groups in total. The molecule has 0 rings (SSSR count). The fourth-order valence-electron chi connectivity index (χ4n) is 0.555. The summed E-state index contributed by atoms with van der Waals surface area (Å²) in [5.74, 6) is -5.95. The summed E-state index contributed by atoms with van der Waals surface area (Å²) in [5.41, 5.74) is 0. The van der Waals surface area contributed by atoms with Crippen molar-refractivity contribution < 1.29 is 48.2 Å². The third-order valence-electron chi connectivity index (χ3n) is 1.07. The van der Waals surface area contributed by atoms with Gasteiger partial charge in [-0.2, -0.15) is 30.7 Å². The second kappa shape index (κ2) is 4.10. The molecule has 0 aromatic carbocycles. The van der Waals surface area contributed by atoms with Crippen LogP contribution in [0.15, 0.2) is 0 Å². The molecule has 0 atom stereocenters. The van der Waals surface area contributed by atoms with Crippen LogP contribution in [0, 0.1) is 0 Å². The van der Waals surface area contributed by atoms with Gasteiger partial charge < -0.3 is 0 Å². The Balaban J connectivity index is 4.92. The summed E-state index contributed by atoms with van der Waals surface area (Å²) in [7, 11) is -7.05. The van der Waals surface area contributed by atoms with Gasteiger partial charge in [0.05, 0.1) is 0 Å². The van der Waals surface area contributed by atoms with Crippen LogP contribution >= 0.6 is 7.99 Å². The summed E-state index contributed by atoms with van der Waals surface area (Å²) in [4.78, 5) is 0. The zero-order chi connectivity index (χ0) is 13.4. The van der Waals surface area contributed by atoms with Crippen molar-refractivity contribution in [3.8, 4) is 0 Å². The van der Waals surface area contributed by atoms with Gasteiger partial charge >= 0.3 is 26.2 Å². The maximum absolute atomic E-state index is 12.2. The SMILES string of the molecule is O=P(F)(F)OC(F)(F)C(F)(F)CC(F)(F)F. The van der Waals surface area contributed by atoms with Crippen LogP contribution in [0.2, 0.25) is 0 Å². The van der Waals surface area contributed by atoms with Crippen molar-refractivity contribution in [3.05, 3.63) is 0 Å². The highest BCUT2D eigenvalue weighted by molar-refractivity contribution is 7.47. The van der Waals surface area contributed by atoms with Crippen molar-refractivity contribution in [3.63, 3.8) is 0 Å². The van der Waals surface area contributed by atoms with Crippen LogP contribution in [0.1, 0.15) is 6.42 Å². The number of alkyl halides is 7. The van der Waals surface area contributed by atoms with Crippen LogP contribution in [0.5, 0.6) is 0 Å². The van der Waals surface area contributed by atoms with Crippen molar-refractivity contribution in [2.75, 3.05) is 0 Å². The molecule has 0 aliphatic carbocycles. The van der Waals surface area contributed by atoms with Gasteiger partial charge in [-0.3, -0.25) is 0 Å². The molecule has 2 nitrogen and oxygen atoms in total. The Morgan fingerprint density at radius 3 is 1.56 bits per heavy atom. The lowest BCUT2D eigenvalue weighted by Gasteiger charge is -2.25. The third kappa shape index (κ3) is 5.06. The minimum absolute atomic E-state index is 1.87. The van der Waals surface area contributed by atoms with Gasteiger partial charge in [-0.1, -0.05) is 0 Å². The van der Waals surface area contributed by atoms with Gasteiger partial charge in [0.25, 0.3) is 0 Å². The van der Waals surface area contributed by atoms with E-state index in [0.717, 1.165) is 0 Å². The Morgan fingerprint density at radius 1 is 0.938 bits per heavy atom. The predicted molar refractivity (Wildman–Crippen MR) is 31.5 cm³/mol. The van der Waals surface area contributed by atoms with Crippen molar-refractivity contribution in [1.29, 1.82) is 0 Å². The average Bonchev–Trinajstić information content (AvgIpc) is 1.72. The van der Waals surface area contributed by atoms with E-state index in [0.29, 0.717) is 0 Å². The Kier molecular flexibility index (Phi) is 3.99. The Bertz CT molecular complexity index is 290. The molecule has 0 saturated carbocycles. The highest BCUT2D eigenvalue weighted by Crippen LogP contribution is 2.58. The molecule has 0 spiro atoms. The second-order valence-electron chi connectivity index (χ2n) is 2.52. The van der Waals surface area contributed by atoms with Crippen molar-refractivity contribution in [1.82, 2.24) is 0 Å². The quantitative estimate of drug-likeness (QED) is 0.570. The Morgan fingerprint density at radius 2 is 1.31 bits per heavy atom. The number of hydrogen-bond donors (Lipinski definition) is 0. The lowest BCUT2D eigenvalue weighted by molar-refractivity contribution is -0.337. The second-order valence-corrected chi connectivity index (χ2v) is 3.53. The van der Waals surface area contributed by atoms with Gasteiger partial charge in [0.1, 0.15) is 6.42 Å². The highest BCUT2D eigenvalue weighted by Gasteiger charge is 2.65. The first-order valence-corrected chi connectivity index (χ1v) is 4.59. The lowest BCUT2D eigenvalue weighted by atomic mass is 10.2. The van der Waals surface area contributed by atoms with Crippen LogP contribution in [-0.4, -0.2) is 18.2 Å². The summed E-state index contributed by atoms with van der Waals surface area (Å²) < 4.78 is 117. The molecule has 0 amide bonds. The van der Waals surface area contributed by atoms with E-state index in [1.807, 2.05) is 4.52 Å². The molecule has 0 aromatic heterocycles. The van der Waals surface area contributed by atoms with E-state index in [1.165, 1.54) is 0 Å². The lowest BCUT2D eigenvalue weighted by Crippen LogP contribution is -2.44. The number of hydrogen-bond acceptors (Lipinski definition) is 2. The van der Waals surface area contributed by atoms with Gasteiger partial charge in [-0.15, -0.1) is 8.39 Å². The van der Waals surface area contributed by atoms with Gasteiger partial charge in [0.2, 0.25) is 0 Å². The molecule has 0 aromatic rings. The van der Waals surface area contributed by atoms with E-state index < -0.39 is 32.6 Å². The summed E-state index contributed by atoms with van der Waals surface area (Å²) in [6.45, 7) is 0. The van der Waals surface area contributed by atoms with Crippen molar-refractivity contribution >= 4 is 7.99 Å². The molecule has 0 radical (unpaired) electrons. The zero-order valence-electron chi connectivity index (χ0n) is 6.87. The standard InChI is InChI=1S/C4H2F9O2P/c5-2(6,1-3(7,8)9)4(10,11)15-16(12,13)14/h1H2. The minimum Gasteiger partial charge on any atom is -0.218 e. The maximum Gasteiger partial charge on any atom is 0.556 e. The van der Waals surface area contributed by atoms with E-state index in [2.05, 4.69) is 0 Å². The van der Waals surface area contributed by atoms with Gasteiger partial charge in [-0.25, -0.2) is 9.09 Å². The van der Waals surface area contributed by atoms with E-state index in [1.54, 1.807) is 0 Å². The largest absolute Gasteiger partial charge is 0.556 e. The fourth-order valence-corrected chi connectivity index (χ4v) is 0.955. The first-order chi connectivity index (χ1) is 6.66. The smallest absolute Gasteiger partial charge is 0.218 e. The maximum atomic E-state index is 12.2. The van der Waals surface area contributed by atoms with Gasteiger partial charge in [0.15, 0.2) is 0 Å². The molecule has 0 aliphatic heterocycles. The van der Waals surface area contributed by atoms with Crippen molar-refractivity contribution in [2.24, 2.45) is 0 Å². The van der Waals surface area contributed by atoms with Gasteiger partial charge in [-0.05, 0) is 0 Å². The molecule has 12 heteroatoms. The molecular formula is C4H2F9O2P. The normalized spacial score (nSPS) is 15.3. The summed E-state index contributed by atoms with van der Waals surface area (Å²) in [5, 5.41) is 0. The van der Waals surface area contributed by atoms with Crippen LogP contribution in [0.3, 0.4) is 0 Å². The molecule has 0 fully saturated rings. The zero-order valence-corrected chi connectivity index (χ0v) is 7.77.